The summed E-state index contributed by atoms with van der Waals surface area (Å²) < 4.78 is 5.95. The summed E-state index contributed by atoms with van der Waals surface area (Å²) in [6.45, 7) is 4.56. The fourth-order valence-electron chi connectivity index (χ4n) is 3.80. The first-order chi connectivity index (χ1) is 16.4. The lowest BCUT2D eigenvalue weighted by atomic mass is 10.1. The van der Waals surface area contributed by atoms with E-state index < -0.39 is 6.04 Å². The van der Waals surface area contributed by atoms with E-state index in [9.17, 15) is 9.59 Å². The van der Waals surface area contributed by atoms with E-state index in [-0.39, 0.29) is 25.0 Å². The number of unbranched alkanes of at least 4 members (excludes halogenated alkanes) is 1. The van der Waals surface area contributed by atoms with Gasteiger partial charge in [0.05, 0.1) is 10.0 Å². The van der Waals surface area contributed by atoms with Gasteiger partial charge in [-0.3, -0.25) is 9.59 Å². The number of rotatable bonds is 11. The van der Waals surface area contributed by atoms with Gasteiger partial charge in [0.1, 0.15) is 11.8 Å². The average molecular weight is 501 g/mol. The number of hydrogen-bond acceptors (Lipinski definition) is 3. The van der Waals surface area contributed by atoms with E-state index >= 15 is 0 Å². The Morgan fingerprint density at radius 3 is 2.50 bits per heavy atom. The molecule has 0 spiro atoms. The Labute approximate surface area is 211 Å². The van der Waals surface area contributed by atoms with Crippen molar-refractivity contribution in [1.29, 1.82) is 0 Å². The van der Waals surface area contributed by atoms with Crippen molar-refractivity contribution in [2.45, 2.75) is 45.7 Å². The first-order valence-corrected chi connectivity index (χ1v) is 12.3. The Hall–Kier alpha value is -2.76. The summed E-state index contributed by atoms with van der Waals surface area (Å²) in [5.41, 5.74) is 0.785. The topological polar surface area (TPSA) is 58.6 Å². The zero-order valence-corrected chi connectivity index (χ0v) is 21.0. The molecule has 0 heterocycles. The summed E-state index contributed by atoms with van der Waals surface area (Å²) in [5, 5.41) is 5.75. The molecule has 7 heteroatoms. The van der Waals surface area contributed by atoms with E-state index in [0.29, 0.717) is 28.8 Å². The first-order valence-electron chi connectivity index (χ1n) is 11.6. The number of carbonyl (C=O) groups excluding carboxylic acids is 2. The predicted molar refractivity (Wildman–Crippen MR) is 138 cm³/mol. The van der Waals surface area contributed by atoms with Gasteiger partial charge >= 0.3 is 0 Å². The van der Waals surface area contributed by atoms with Crippen molar-refractivity contribution >= 4 is 45.8 Å². The highest BCUT2D eigenvalue weighted by atomic mass is 35.5. The van der Waals surface area contributed by atoms with Crippen LogP contribution >= 0.6 is 23.2 Å². The highest BCUT2D eigenvalue weighted by Gasteiger charge is 2.29. The monoisotopic (exact) mass is 500 g/mol. The third-order valence-corrected chi connectivity index (χ3v) is 6.39. The molecule has 1 N–H and O–H groups in total. The molecule has 0 radical (unpaired) electrons. The zero-order valence-electron chi connectivity index (χ0n) is 19.5. The van der Waals surface area contributed by atoms with Crippen molar-refractivity contribution < 1.29 is 14.3 Å². The van der Waals surface area contributed by atoms with Crippen LogP contribution in [0.2, 0.25) is 10.0 Å². The molecule has 3 aromatic rings. The summed E-state index contributed by atoms with van der Waals surface area (Å²) in [6, 6.07) is 18.2. The highest BCUT2D eigenvalue weighted by molar-refractivity contribution is 6.42. The molecule has 34 heavy (non-hydrogen) atoms. The second kappa shape index (κ2) is 12.6. The van der Waals surface area contributed by atoms with E-state index in [0.717, 1.165) is 29.2 Å². The van der Waals surface area contributed by atoms with Crippen molar-refractivity contribution in [2.75, 3.05) is 13.2 Å². The maximum atomic E-state index is 13.4. The average Bonchev–Trinajstić information content (AvgIpc) is 2.84. The zero-order chi connectivity index (χ0) is 24.5. The Morgan fingerprint density at radius 1 is 1.00 bits per heavy atom. The van der Waals surface area contributed by atoms with Crippen molar-refractivity contribution in [3.05, 3.63) is 76.3 Å². The van der Waals surface area contributed by atoms with Crippen molar-refractivity contribution in [3.8, 4) is 5.75 Å². The standard InChI is InChI=1S/C27H30Cl2N2O3/c1-3-5-15-30-27(33)24(4-2)31(17-19-13-14-22(28)23(29)16-19)26(32)18-34-25-12-8-10-20-9-6-7-11-21(20)25/h6-14,16,24H,3-5,15,17-18H2,1-2H3,(H,30,33)/t24-/m1/s1. The summed E-state index contributed by atoms with van der Waals surface area (Å²) in [4.78, 5) is 27.9. The van der Waals surface area contributed by atoms with Crippen LogP contribution in [0.1, 0.15) is 38.7 Å². The van der Waals surface area contributed by atoms with Gasteiger partial charge in [0.2, 0.25) is 5.91 Å². The number of carbonyl (C=O) groups is 2. The lowest BCUT2D eigenvalue weighted by Crippen LogP contribution is -2.50. The number of amides is 2. The molecule has 2 amide bonds. The lowest BCUT2D eigenvalue weighted by Gasteiger charge is -2.30. The molecule has 0 aliphatic heterocycles. The number of ether oxygens (including phenoxy) is 1. The number of hydrogen-bond donors (Lipinski definition) is 1. The number of benzene rings is 3. The highest BCUT2D eigenvalue weighted by Crippen LogP contribution is 2.26. The largest absolute Gasteiger partial charge is 0.483 e. The minimum atomic E-state index is -0.630. The fourth-order valence-corrected chi connectivity index (χ4v) is 4.13. The van der Waals surface area contributed by atoms with Gasteiger partial charge in [-0.05, 0) is 42.0 Å². The number of fused-ring (bicyclic) bond motifs is 1. The molecule has 0 saturated carbocycles. The van der Waals surface area contributed by atoms with Crippen LogP contribution in [0.4, 0.5) is 0 Å². The van der Waals surface area contributed by atoms with E-state index in [1.807, 2.05) is 55.5 Å². The first kappa shape index (κ1) is 25.9. The Balaban J connectivity index is 1.82. The van der Waals surface area contributed by atoms with E-state index in [4.69, 9.17) is 27.9 Å². The number of halogens is 2. The molecular weight excluding hydrogens is 471 g/mol. The van der Waals surface area contributed by atoms with Crippen LogP contribution < -0.4 is 10.1 Å². The van der Waals surface area contributed by atoms with Gasteiger partial charge in [0, 0.05) is 18.5 Å². The van der Waals surface area contributed by atoms with E-state index in [1.54, 1.807) is 17.0 Å². The molecular formula is C27H30Cl2N2O3. The van der Waals surface area contributed by atoms with Gasteiger partial charge in [-0.2, -0.15) is 0 Å². The quantitative estimate of drug-likeness (QED) is 0.316. The number of nitrogens with zero attached hydrogens (tertiary/aromatic N) is 1. The minimum absolute atomic E-state index is 0.172. The molecule has 3 rings (SSSR count). The van der Waals surface area contributed by atoms with Crippen LogP contribution in [0, 0.1) is 0 Å². The minimum Gasteiger partial charge on any atom is -0.483 e. The summed E-state index contributed by atoms with van der Waals surface area (Å²) in [6.07, 6.45) is 2.33. The van der Waals surface area contributed by atoms with Crippen LogP contribution in [0.3, 0.4) is 0 Å². The van der Waals surface area contributed by atoms with Crippen LogP contribution in [0.25, 0.3) is 10.8 Å². The summed E-state index contributed by atoms with van der Waals surface area (Å²) >= 11 is 12.3. The van der Waals surface area contributed by atoms with Crippen LogP contribution in [-0.4, -0.2) is 35.9 Å². The molecule has 0 unspecified atom stereocenters. The van der Waals surface area contributed by atoms with Gasteiger partial charge in [-0.25, -0.2) is 0 Å². The van der Waals surface area contributed by atoms with Gasteiger partial charge in [-0.15, -0.1) is 0 Å². The van der Waals surface area contributed by atoms with Gasteiger partial charge in [0.25, 0.3) is 5.91 Å². The second-order valence-corrected chi connectivity index (χ2v) is 8.92. The molecule has 0 aromatic heterocycles. The summed E-state index contributed by atoms with van der Waals surface area (Å²) in [5.74, 6) is 0.174. The van der Waals surface area contributed by atoms with Crippen LogP contribution in [-0.2, 0) is 16.1 Å². The number of nitrogens with one attached hydrogen (secondary N) is 1. The molecule has 0 saturated heterocycles. The van der Waals surface area contributed by atoms with Crippen LogP contribution in [0.15, 0.2) is 60.7 Å². The smallest absolute Gasteiger partial charge is 0.261 e. The molecule has 1 atom stereocenters. The van der Waals surface area contributed by atoms with Crippen molar-refractivity contribution in [2.24, 2.45) is 0 Å². The van der Waals surface area contributed by atoms with Crippen molar-refractivity contribution in [1.82, 2.24) is 10.2 Å². The Bertz CT molecular complexity index is 1130. The predicted octanol–water partition coefficient (Wildman–Crippen LogP) is 6.25. The molecule has 0 aliphatic rings. The van der Waals surface area contributed by atoms with E-state index in [2.05, 4.69) is 12.2 Å². The molecule has 3 aromatic carbocycles. The third kappa shape index (κ3) is 6.64. The molecule has 0 bridgehead atoms. The lowest BCUT2D eigenvalue weighted by molar-refractivity contribution is -0.142. The fraction of sp³-hybridized carbons (Fsp3) is 0.333. The third-order valence-electron chi connectivity index (χ3n) is 5.65. The SMILES string of the molecule is CCCCNC(=O)[C@@H](CC)N(Cc1ccc(Cl)c(Cl)c1)C(=O)COc1cccc2ccccc12. The van der Waals surface area contributed by atoms with Gasteiger partial charge in [0.15, 0.2) is 6.61 Å². The van der Waals surface area contributed by atoms with Crippen LogP contribution in [0.5, 0.6) is 5.75 Å². The summed E-state index contributed by atoms with van der Waals surface area (Å²) in [7, 11) is 0. The molecule has 0 fully saturated rings. The van der Waals surface area contributed by atoms with E-state index in [1.165, 1.54) is 0 Å². The Morgan fingerprint density at radius 2 is 1.76 bits per heavy atom. The maximum absolute atomic E-state index is 13.4. The normalized spacial score (nSPS) is 11.8. The molecule has 180 valence electrons. The Kier molecular flexibility index (Phi) is 9.61. The second-order valence-electron chi connectivity index (χ2n) is 8.10. The maximum Gasteiger partial charge on any atom is 0.261 e. The van der Waals surface area contributed by atoms with Gasteiger partial charge < -0.3 is 15.0 Å². The van der Waals surface area contributed by atoms with Crippen molar-refractivity contribution in [3.63, 3.8) is 0 Å². The molecule has 5 nitrogen and oxygen atoms in total. The van der Waals surface area contributed by atoms with Gasteiger partial charge in [-0.1, -0.05) is 85.9 Å². The molecule has 0 aliphatic carbocycles.